The van der Waals surface area contributed by atoms with Crippen molar-refractivity contribution >= 4 is 27.4 Å². The molecule has 0 aromatic heterocycles. The van der Waals surface area contributed by atoms with Crippen molar-refractivity contribution in [3.05, 3.63) is 32.8 Å². The molecule has 0 fully saturated rings. The van der Waals surface area contributed by atoms with Crippen LogP contribution in [0.25, 0.3) is 0 Å². The number of halogens is 1. The van der Waals surface area contributed by atoms with Gasteiger partial charge in [-0.2, -0.15) is 0 Å². The van der Waals surface area contributed by atoms with Crippen LogP contribution in [0, 0.1) is 10.1 Å². The molecule has 15 heavy (non-hydrogen) atoms. The third-order valence-corrected chi connectivity index (χ3v) is 2.23. The van der Waals surface area contributed by atoms with Crippen molar-refractivity contribution in [1.29, 1.82) is 0 Å². The predicted octanol–water partition coefficient (Wildman–Crippen LogP) is 2.33. The van der Waals surface area contributed by atoms with Crippen molar-refractivity contribution in [2.24, 2.45) is 0 Å². The SMILES string of the molecule is CC(=O)COc1ccc(Br)c([N+](=O)[O-])c1. The van der Waals surface area contributed by atoms with Crippen LogP contribution in [0.4, 0.5) is 5.69 Å². The normalized spacial score (nSPS) is 9.73. The molecule has 0 unspecified atom stereocenters. The van der Waals surface area contributed by atoms with Gasteiger partial charge in [-0.1, -0.05) is 0 Å². The van der Waals surface area contributed by atoms with Crippen LogP contribution >= 0.6 is 15.9 Å². The van der Waals surface area contributed by atoms with Crippen LogP contribution < -0.4 is 4.74 Å². The van der Waals surface area contributed by atoms with Gasteiger partial charge in [0.1, 0.15) is 12.4 Å². The number of nitro benzene ring substituents is 1. The number of carbonyl (C=O) groups is 1. The van der Waals surface area contributed by atoms with E-state index in [2.05, 4.69) is 15.9 Å². The fourth-order valence-electron chi connectivity index (χ4n) is 0.907. The van der Waals surface area contributed by atoms with Crippen molar-refractivity contribution in [3.8, 4) is 5.75 Å². The lowest BCUT2D eigenvalue weighted by Crippen LogP contribution is -2.06. The summed E-state index contributed by atoms with van der Waals surface area (Å²) in [7, 11) is 0. The minimum absolute atomic E-state index is 0.0845. The largest absolute Gasteiger partial charge is 0.486 e. The fraction of sp³-hybridized carbons (Fsp3) is 0.222. The number of hydrogen-bond donors (Lipinski definition) is 0. The zero-order chi connectivity index (χ0) is 11.4. The summed E-state index contributed by atoms with van der Waals surface area (Å²) in [6, 6.07) is 4.33. The summed E-state index contributed by atoms with van der Waals surface area (Å²) in [4.78, 5) is 20.7. The summed E-state index contributed by atoms with van der Waals surface area (Å²) in [6.45, 7) is 1.30. The van der Waals surface area contributed by atoms with Crippen LogP contribution in [0.3, 0.4) is 0 Å². The van der Waals surface area contributed by atoms with Crippen LogP contribution in [0.2, 0.25) is 0 Å². The zero-order valence-electron chi connectivity index (χ0n) is 7.90. The maximum atomic E-state index is 10.6. The Kier molecular flexibility index (Phi) is 3.79. The number of ketones is 1. The lowest BCUT2D eigenvalue weighted by atomic mass is 10.3. The molecule has 0 saturated carbocycles. The first-order valence-corrected chi connectivity index (χ1v) is 4.86. The van der Waals surface area contributed by atoms with Crippen LogP contribution in [0.15, 0.2) is 22.7 Å². The lowest BCUT2D eigenvalue weighted by Gasteiger charge is -2.03. The molecule has 0 aliphatic heterocycles. The lowest BCUT2D eigenvalue weighted by molar-refractivity contribution is -0.385. The monoisotopic (exact) mass is 273 g/mol. The Labute approximate surface area is 94.3 Å². The van der Waals surface area contributed by atoms with Gasteiger partial charge in [0.15, 0.2) is 5.78 Å². The maximum Gasteiger partial charge on any atom is 0.287 e. The molecule has 5 nitrogen and oxygen atoms in total. The maximum absolute atomic E-state index is 10.6. The fourth-order valence-corrected chi connectivity index (χ4v) is 1.30. The average molecular weight is 274 g/mol. The first kappa shape index (κ1) is 11.6. The first-order valence-electron chi connectivity index (χ1n) is 4.07. The number of hydrogen-bond acceptors (Lipinski definition) is 4. The number of Topliss-reactive ketones (excluding diaryl/α,β-unsaturated/α-hetero) is 1. The smallest absolute Gasteiger partial charge is 0.287 e. The number of carbonyl (C=O) groups excluding carboxylic acids is 1. The van der Waals surface area contributed by atoms with Gasteiger partial charge < -0.3 is 4.74 Å². The number of benzene rings is 1. The van der Waals surface area contributed by atoms with Gasteiger partial charge in [0.25, 0.3) is 5.69 Å². The number of nitro groups is 1. The van der Waals surface area contributed by atoms with E-state index in [0.717, 1.165) is 0 Å². The second-order valence-electron chi connectivity index (χ2n) is 2.86. The summed E-state index contributed by atoms with van der Waals surface area (Å²) in [6.07, 6.45) is 0. The molecule has 0 amide bonds. The number of ether oxygens (including phenoxy) is 1. The van der Waals surface area contributed by atoms with Gasteiger partial charge in [-0.3, -0.25) is 14.9 Å². The average Bonchev–Trinajstić information content (AvgIpc) is 2.16. The Morgan fingerprint density at radius 2 is 2.27 bits per heavy atom. The van der Waals surface area contributed by atoms with Crippen LogP contribution in [-0.2, 0) is 4.79 Å². The molecule has 0 spiro atoms. The molecule has 0 bridgehead atoms. The molecule has 0 aliphatic rings. The molecule has 6 heteroatoms. The molecule has 1 aromatic rings. The minimum Gasteiger partial charge on any atom is -0.486 e. The molecule has 1 rings (SSSR count). The van der Waals surface area contributed by atoms with Crippen molar-refractivity contribution in [2.75, 3.05) is 6.61 Å². The van der Waals surface area contributed by atoms with E-state index in [9.17, 15) is 14.9 Å². The van der Waals surface area contributed by atoms with Crippen LogP contribution in [-0.4, -0.2) is 17.3 Å². The quantitative estimate of drug-likeness (QED) is 0.624. The van der Waals surface area contributed by atoms with Gasteiger partial charge in [0.05, 0.1) is 15.5 Å². The topological polar surface area (TPSA) is 69.4 Å². The van der Waals surface area contributed by atoms with Crippen molar-refractivity contribution in [2.45, 2.75) is 6.92 Å². The number of rotatable bonds is 4. The van der Waals surface area contributed by atoms with Gasteiger partial charge in [-0.15, -0.1) is 0 Å². The second-order valence-corrected chi connectivity index (χ2v) is 3.72. The highest BCUT2D eigenvalue weighted by molar-refractivity contribution is 9.10. The van der Waals surface area contributed by atoms with Crippen LogP contribution in [0.1, 0.15) is 6.92 Å². The predicted molar refractivity (Wildman–Crippen MR) is 57.0 cm³/mol. The Balaban J connectivity index is 2.87. The highest BCUT2D eigenvalue weighted by atomic mass is 79.9. The molecule has 0 heterocycles. The van der Waals surface area contributed by atoms with E-state index in [1.54, 1.807) is 6.07 Å². The number of nitrogens with zero attached hydrogens (tertiary/aromatic N) is 1. The molecule has 0 radical (unpaired) electrons. The molecule has 1 aromatic carbocycles. The van der Waals surface area contributed by atoms with E-state index in [1.807, 2.05) is 0 Å². The van der Waals surface area contributed by atoms with Gasteiger partial charge in [0.2, 0.25) is 0 Å². The Hall–Kier alpha value is -1.43. The molecule has 0 saturated heterocycles. The van der Waals surface area contributed by atoms with Gasteiger partial charge in [-0.25, -0.2) is 0 Å². The van der Waals surface area contributed by atoms with Gasteiger partial charge in [0, 0.05) is 0 Å². The Morgan fingerprint density at radius 1 is 1.60 bits per heavy atom. The second kappa shape index (κ2) is 4.88. The highest BCUT2D eigenvalue weighted by Gasteiger charge is 2.12. The van der Waals surface area contributed by atoms with E-state index in [4.69, 9.17) is 4.74 Å². The van der Waals surface area contributed by atoms with E-state index in [-0.39, 0.29) is 18.1 Å². The molecule has 0 atom stereocenters. The molecule has 80 valence electrons. The van der Waals surface area contributed by atoms with E-state index in [0.29, 0.717) is 10.2 Å². The molecule has 0 N–H and O–H groups in total. The zero-order valence-corrected chi connectivity index (χ0v) is 9.48. The van der Waals surface area contributed by atoms with Crippen molar-refractivity contribution < 1.29 is 14.5 Å². The van der Waals surface area contributed by atoms with Crippen LogP contribution in [0.5, 0.6) is 5.75 Å². The summed E-state index contributed by atoms with van der Waals surface area (Å²) in [5.74, 6) is 0.167. The Bertz CT molecular complexity index is 405. The van der Waals surface area contributed by atoms with E-state index < -0.39 is 4.92 Å². The summed E-state index contributed by atoms with van der Waals surface area (Å²) < 4.78 is 5.42. The third-order valence-electron chi connectivity index (χ3n) is 1.56. The molecular weight excluding hydrogens is 266 g/mol. The Morgan fingerprint density at radius 3 is 2.80 bits per heavy atom. The highest BCUT2D eigenvalue weighted by Crippen LogP contribution is 2.28. The van der Waals surface area contributed by atoms with Crippen molar-refractivity contribution in [1.82, 2.24) is 0 Å². The minimum atomic E-state index is -0.523. The van der Waals surface area contributed by atoms with E-state index in [1.165, 1.54) is 19.1 Å². The first-order chi connectivity index (χ1) is 7.00. The van der Waals surface area contributed by atoms with Gasteiger partial charge >= 0.3 is 0 Å². The van der Waals surface area contributed by atoms with Crippen molar-refractivity contribution in [3.63, 3.8) is 0 Å². The standard InChI is InChI=1S/C9H8BrNO4/c1-6(12)5-15-7-2-3-8(10)9(4-7)11(13)14/h2-4H,5H2,1H3. The third kappa shape index (κ3) is 3.32. The molecule has 0 aliphatic carbocycles. The summed E-state index contributed by atoms with van der Waals surface area (Å²) in [5.41, 5.74) is -0.0870. The molecular formula is C9H8BrNO4. The van der Waals surface area contributed by atoms with E-state index >= 15 is 0 Å². The summed E-state index contributed by atoms with van der Waals surface area (Å²) >= 11 is 3.05. The summed E-state index contributed by atoms with van der Waals surface area (Å²) in [5, 5.41) is 10.6. The van der Waals surface area contributed by atoms with Gasteiger partial charge in [-0.05, 0) is 35.0 Å².